The van der Waals surface area contributed by atoms with Crippen LogP contribution in [0.15, 0.2) is 22.2 Å². The lowest BCUT2D eigenvalue weighted by Crippen LogP contribution is -2.41. The first-order valence-corrected chi connectivity index (χ1v) is 6.70. The van der Waals surface area contributed by atoms with E-state index in [9.17, 15) is 14.0 Å². The van der Waals surface area contributed by atoms with E-state index in [1.54, 1.807) is 0 Å². The molecule has 0 bridgehead atoms. The van der Waals surface area contributed by atoms with Crippen LogP contribution < -0.4 is 0 Å². The summed E-state index contributed by atoms with van der Waals surface area (Å²) in [5.41, 5.74) is -0.400. The van der Waals surface area contributed by atoms with Crippen molar-refractivity contribution in [2.24, 2.45) is 0 Å². The van der Waals surface area contributed by atoms with Crippen molar-refractivity contribution in [3.63, 3.8) is 0 Å². The Labute approximate surface area is 127 Å². The molecule has 2 rings (SSSR count). The quantitative estimate of drug-likeness (QED) is 0.332. The van der Waals surface area contributed by atoms with E-state index in [-0.39, 0.29) is 16.2 Å². The zero-order chi connectivity index (χ0) is 15.1. The largest absolute Gasteiger partial charge is 0.419 e. The highest BCUT2D eigenvalue weighted by Crippen LogP contribution is 2.30. The summed E-state index contributed by atoms with van der Waals surface area (Å²) in [6.07, 6.45) is 1.05. The van der Waals surface area contributed by atoms with Gasteiger partial charge in [-0.15, -0.1) is 0 Å². The first-order chi connectivity index (χ1) is 9.21. The minimum Gasteiger partial charge on any atom is -0.419 e. The summed E-state index contributed by atoms with van der Waals surface area (Å²) in [6, 6.07) is 2.87. The van der Waals surface area contributed by atoms with Gasteiger partial charge in [-0.25, -0.2) is 14.0 Å². The Morgan fingerprint density at radius 1 is 1.25 bits per heavy atom. The fourth-order valence-electron chi connectivity index (χ4n) is 1.59. The standard InChI is InChI=1S/C13H9BrClFO4/c1-13(2)19-11(17)7(12(18)20-13)5-6-3-4-8(14)9(15)10(6)16/h3-5H,1-2H3. The van der Waals surface area contributed by atoms with Gasteiger partial charge >= 0.3 is 11.9 Å². The van der Waals surface area contributed by atoms with Crippen molar-refractivity contribution in [3.8, 4) is 0 Å². The molecule has 0 unspecified atom stereocenters. The third-order valence-corrected chi connectivity index (χ3v) is 3.74. The minimum absolute atomic E-state index is 0.0122. The minimum atomic E-state index is -1.33. The van der Waals surface area contributed by atoms with Crippen LogP contribution in [0.3, 0.4) is 0 Å². The van der Waals surface area contributed by atoms with Gasteiger partial charge < -0.3 is 9.47 Å². The van der Waals surface area contributed by atoms with Crippen molar-refractivity contribution < 1.29 is 23.5 Å². The number of hydrogen-bond donors (Lipinski definition) is 0. The van der Waals surface area contributed by atoms with Crippen LogP contribution in [-0.4, -0.2) is 17.7 Å². The van der Waals surface area contributed by atoms with E-state index in [0.717, 1.165) is 6.08 Å². The van der Waals surface area contributed by atoms with Crippen LogP contribution in [0.25, 0.3) is 6.08 Å². The first kappa shape index (κ1) is 15.0. The Morgan fingerprint density at radius 3 is 2.35 bits per heavy atom. The van der Waals surface area contributed by atoms with Crippen molar-refractivity contribution in [1.29, 1.82) is 0 Å². The fourth-order valence-corrected chi connectivity index (χ4v) is 2.06. The zero-order valence-corrected chi connectivity index (χ0v) is 12.8. The maximum absolute atomic E-state index is 13.9. The van der Waals surface area contributed by atoms with E-state index in [0.29, 0.717) is 4.47 Å². The molecule has 0 aromatic heterocycles. The average Bonchev–Trinajstić information content (AvgIpc) is 2.32. The Morgan fingerprint density at radius 2 is 1.80 bits per heavy atom. The van der Waals surface area contributed by atoms with Crippen LogP contribution in [0.4, 0.5) is 4.39 Å². The third-order valence-electron chi connectivity index (χ3n) is 2.48. The molecule has 20 heavy (non-hydrogen) atoms. The van der Waals surface area contributed by atoms with Crippen LogP contribution in [0, 0.1) is 5.82 Å². The number of benzene rings is 1. The van der Waals surface area contributed by atoms with E-state index in [1.807, 2.05) is 0 Å². The molecule has 1 saturated heterocycles. The van der Waals surface area contributed by atoms with Gasteiger partial charge in [0, 0.05) is 23.9 Å². The predicted molar refractivity (Wildman–Crippen MR) is 73.4 cm³/mol. The van der Waals surface area contributed by atoms with E-state index in [4.69, 9.17) is 21.1 Å². The SMILES string of the molecule is CC1(C)OC(=O)C(=Cc2ccc(Br)c(Cl)c2F)C(=O)O1. The molecule has 1 aromatic rings. The Hall–Kier alpha value is -1.40. The molecule has 0 N–H and O–H groups in total. The molecule has 106 valence electrons. The molecule has 1 fully saturated rings. The number of carbonyl (C=O) groups is 2. The molecule has 0 spiro atoms. The van der Waals surface area contributed by atoms with Gasteiger partial charge in [-0.05, 0) is 28.1 Å². The van der Waals surface area contributed by atoms with Gasteiger partial charge in [0.2, 0.25) is 0 Å². The van der Waals surface area contributed by atoms with Gasteiger partial charge in [0.05, 0.1) is 5.02 Å². The fraction of sp³-hybridized carbons (Fsp3) is 0.231. The van der Waals surface area contributed by atoms with Gasteiger partial charge in [0.15, 0.2) is 0 Å². The van der Waals surface area contributed by atoms with Crippen LogP contribution in [-0.2, 0) is 19.1 Å². The molecule has 0 atom stereocenters. The highest BCUT2D eigenvalue weighted by atomic mass is 79.9. The summed E-state index contributed by atoms with van der Waals surface area (Å²) in [4.78, 5) is 23.5. The summed E-state index contributed by atoms with van der Waals surface area (Å²) >= 11 is 8.80. The normalized spacial score (nSPS) is 17.6. The highest BCUT2D eigenvalue weighted by Gasteiger charge is 2.39. The Balaban J connectivity index is 2.44. The molecular formula is C13H9BrClFO4. The van der Waals surface area contributed by atoms with Crippen LogP contribution in [0.2, 0.25) is 5.02 Å². The molecule has 4 nitrogen and oxygen atoms in total. The molecule has 0 amide bonds. The van der Waals surface area contributed by atoms with Gasteiger partial charge in [-0.3, -0.25) is 0 Å². The summed E-state index contributed by atoms with van der Waals surface area (Å²) < 4.78 is 24.1. The summed E-state index contributed by atoms with van der Waals surface area (Å²) in [7, 11) is 0. The lowest BCUT2D eigenvalue weighted by atomic mass is 10.1. The molecule has 0 aliphatic carbocycles. The number of esters is 2. The number of hydrogen-bond acceptors (Lipinski definition) is 4. The maximum atomic E-state index is 13.9. The van der Waals surface area contributed by atoms with Crippen molar-refractivity contribution in [2.45, 2.75) is 19.6 Å². The molecule has 0 saturated carbocycles. The number of ether oxygens (including phenoxy) is 2. The van der Waals surface area contributed by atoms with Crippen molar-refractivity contribution in [1.82, 2.24) is 0 Å². The predicted octanol–water partition coefficient (Wildman–Crippen LogP) is 3.46. The molecule has 7 heteroatoms. The van der Waals surface area contributed by atoms with Gasteiger partial charge in [-0.2, -0.15) is 0 Å². The molecule has 0 radical (unpaired) electrons. The number of cyclic esters (lactones) is 2. The molecule has 1 aliphatic heterocycles. The lowest BCUT2D eigenvalue weighted by Gasteiger charge is -2.29. The maximum Gasteiger partial charge on any atom is 0.348 e. The smallest absolute Gasteiger partial charge is 0.348 e. The molecule has 1 aliphatic rings. The Kier molecular flexibility index (Phi) is 3.88. The monoisotopic (exact) mass is 362 g/mol. The first-order valence-electron chi connectivity index (χ1n) is 5.53. The number of carbonyl (C=O) groups excluding carboxylic acids is 2. The van der Waals surface area contributed by atoms with Crippen LogP contribution >= 0.6 is 27.5 Å². The number of rotatable bonds is 1. The van der Waals surface area contributed by atoms with Crippen LogP contribution in [0.1, 0.15) is 19.4 Å². The molecular weight excluding hydrogens is 354 g/mol. The topological polar surface area (TPSA) is 52.6 Å². The van der Waals surface area contributed by atoms with Crippen molar-refractivity contribution in [3.05, 3.63) is 38.6 Å². The lowest BCUT2D eigenvalue weighted by molar-refractivity contribution is -0.222. The van der Waals surface area contributed by atoms with Crippen molar-refractivity contribution in [2.75, 3.05) is 0 Å². The van der Waals surface area contributed by atoms with E-state index in [2.05, 4.69) is 15.9 Å². The third kappa shape index (κ3) is 2.86. The van der Waals surface area contributed by atoms with Gasteiger partial charge in [0.1, 0.15) is 11.4 Å². The summed E-state index contributed by atoms with van der Waals surface area (Å²) in [6.45, 7) is 2.85. The second-order valence-electron chi connectivity index (χ2n) is 4.50. The molecule has 1 heterocycles. The van der Waals surface area contributed by atoms with Gasteiger partial charge in [0.25, 0.3) is 5.79 Å². The van der Waals surface area contributed by atoms with Crippen molar-refractivity contribution >= 4 is 45.5 Å². The second-order valence-corrected chi connectivity index (χ2v) is 5.73. The van der Waals surface area contributed by atoms with E-state index in [1.165, 1.54) is 26.0 Å². The zero-order valence-electron chi connectivity index (χ0n) is 10.5. The van der Waals surface area contributed by atoms with E-state index >= 15 is 0 Å². The van der Waals surface area contributed by atoms with Gasteiger partial charge in [-0.1, -0.05) is 17.7 Å². The highest BCUT2D eigenvalue weighted by molar-refractivity contribution is 9.10. The summed E-state index contributed by atoms with van der Waals surface area (Å²) in [5.74, 6) is -3.82. The molecule has 1 aromatic carbocycles. The second kappa shape index (κ2) is 5.18. The van der Waals surface area contributed by atoms with Crippen LogP contribution in [0.5, 0.6) is 0 Å². The van der Waals surface area contributed by atoms with E-state index < -0.39 is 23.5 Å². The Bertz CT molecular complexity index is 618. The number of halogens is 3. The summed E-state index contributed by atoms with van der Waals surface area (Å²) in [5, 5.41) is -0.141. The average molecular weight is 364 g/mol.